The van der Waals surface area contributed by atoms with Gasteiger partial charge in [0.1, 0.15) is 0 Å². The van der Waals surface area contributed by atoms with Gasteiger partial charge in [0.2, 0.25) is 17.7 Å². The molecule has 1 N–H and O–H groups in total. The number of nitrogens with one attached hydrogen (secondary N) is 1. The molecule has 1 fully saturated rings. The molecule has 0 radical (unpaired) electrons. The van der Waals surface area contributed by atoms with Crippen molar-refractivity contribution in [2.75, 3.05) is 13.2 Å². The molecule has 1 aromatic carbocycles. The number of ether oxygens (including phenoxy) is 1. The van der Waals surface area contributed by atoms with E-state index in [1.165, 1.54) is 5.56 Å². The summed E-state index contributed by atoms with van der Waals surface area (Å²) in [6.45, 7) is 1.39. The molecule has 0 bridgehead atoms. The number of aromatic nitrogens is 2. The Hall–Kier alpha value is -2.21. The molecule has 6 nitrogen and oxygen atoms in total. The van der Waals surface area contributed by atoms with Crippen LogP contribution in [-0.2, 0) is 28.8 Å². The van der Waals surface area contributed by atoms with Crippen LogP contribution in [0.1, 0.15) is 43.0 Å². The fourth-order valence-corrected chi connectivity index (χ4v) is 2.92. The Bertz CT molecular complexity index is 651. The lowest BCUT2D eigenvalue weighted by Gasteiger charge is -2.10. The van der Waals surface area contributed by atoms with E-state index in [0.29, 0.717) is 31.2 Å². The second-order valence-electron chi connectivity index (χ2n) is 6.37. The van der Waals surface area contributed by atoms with Crippen LogP contribution in [0.4, 0.5) is 0 Å². The predicted octanol–water partition coefficient (Wildman–Crippen LogP) is 2.47. The number of aryl methyl sites for hydroxylation is 3. The first kappa shape index (κ1) is 17.6. The van der Waals surface area contributed by atoms with E-state index in [-0.39, 0.29) is 12.0 Å². The van der Waals surface area contributed by atoms with Crippen molar-refractivity contribution >= 4 is 5.91 Å². The average molecular weight is 343 g/mol. The molecule has 134 valence electrons. The minimum absolute atomic E-state index is 0.000623. The second-order valence-corrected chi connectivity index (χ2v) is 6.37. The summed E-state index contributed by atoms with van der Waals surface area (Å²) in [5.74, 6) is 1.17. The zero-order valence-electron chi connectivity index (χ0n) is 14.4. The van der Waals surface area contributed by atoms with Crippen LogP contribution in [0, 0.1) is 0 Å². The van der Waals surface area contributed by atoms with Gasteiger partial charge < -0.3 is 14.5 Å². The van der Waals surface area contributed by atoms with Crippen molar-refractivity contribution in [1.82, 2.24) is 15.5 Å². The Balaban J connectivity index is 1.33. The largest absolute Gasteiger partial charge is 0.425 e. The normalized spacial score (nSPS) is 16.9. The highest BCUT2D eigenvalue weighted by Crippen LogP contribution is 2.11. The lowest BCUT2D eigenvalue weighted by molar-refractivity contribution is -0.121. The smallest absolute Gasteiger partial charge is 0.220 e. The molecule has 1 aliphatic rings. The van der Waals surface area contributed by atoms with Gasteiger partial charge in [-0.1, -0.05) is 30.3 Å². The molecule has 25 heavy (non-hydrogen) atoms. The summed E-state index contributed by atoms with van der Waals surface area (Å²) in [5, 5.41) is 11.0. The van der Waals surface area contributed by atoms with Gasteiger partial charge in [-0.05, 0) is 31.2 Å². The average Bonchev–Trinajstić information content (AvgIpc) is 3.31. The molecule has 1 aromatic heterocycles. The SMILES string of the molecule is O=C(CCc1nnc(CCCc2ccccc2)o1)NC[C@H]1CCCO1. The maximum atomic E-state index is 11.9. The van der Waals surface area contributed by atoms with Crippen molar-refractivity contribution in [3.8, 4) is 0 Å². The van der Waals surface area contributed by atoms with E-state index in [0.717, 1.165) is 38.7 Å². The number of carbonyl (C=O) groups excluding carboxylic acids is 1. The van der Waals surface area contributed by atoms with Gasteiger partial charge in [-0.2, -0.15) is 0 Å². The van der Waals surface area contributed by atoms with Gasteiger partial charge in [0, 0.05) is 32.4 Å². The van der Waals surface area contributed by atoms with Gasteiger partial charge in [0.05, 0.1) is 6.10 Å². The number of nitrogens with zero attached hydrogens (tertiary/aromatic N) is 2. The standard InChI is InChI=1S/C19H25N3O3/c23-17(20-14-16-9-5-13-24-16)11-12-19-22-21-18(25-19)10-4-8-15-6-2-1-3-7-15/h1-3,6-7,16H,4-5,8-14H2,(H,20,23)/t16-/m1/s1. The molecule has 0 aliphatic carbocycles. The van der Waals surface area contributed by atoms with Crippen molar-refractivity contribution in [2.24, 2.45) is 0 Å². The summed E-state index contributed by atoms with van der Waals surface area (Å²) >= 11 is 0. The van der Waals surface area contributed by atoms with E-state index in [4.69, 9.17) is 9.15 Å². The first-order valence-corrected chi connectivity index (χ1v) is 9.03. The van der Waals surface area contributed by atoms with Gasteiger partial charge in [0.25, 0.3) is 0 Å². The predicted molar refractivity (Wildman–Crippen MR) is 93.1 cm³/mol. The zero-order valence-corrected chi connectivity index (χ0v) is 14.4. The van der Waals surface area contributed by atoms with Gasteiger partial charge in [-0.15, -0.1) is 10.2 Å². The van der Waals surface area contributed by atoms with E-state index in [9.17, 15) is 4.79 Å². The molecule has 1 amide bonds. The number of benzene rings is 1. The van der Waals surface area contributed by atoms with Crippen LogP contribution in [0.5, 0.6) is 0 Å². The van der Waals surface area contributed by atoms with Crippen LogP contribution >= 0.6 is 0 Å². The third-order valence-corrected chi connectivity index (χ3v) is 4.32. The van der Waals surface area contributed by atoms with E-state index in [2.05, 4.69) is 27.6 Å². The third-order valence-electron chi connectivity index (χ3n) is 4.32. The van der Waals surface area contributed by atoms with E-state index >= 15 is 0 Å². The quantitative estimate of drug-likeness (QED) is 0.757. The topological polar surface area (TPSA) is 77.2 Å². The third kappa shape index (κ3) is 5.98. The van der Waals surface area contributed by atoms with Gasteiger partial charge >= 0.3 is 0 Å². The number of rotatable bonds is 9. The summed E-state index contributed by atoms with van der Waals surface area (Å²) in [5.41, 5.74) is 1.31. The fraction of sp³-hybridized carbons (Fsp3) is 0.526. The minimum Gasteiger partial charge on any atom is -0.425 e. The number of carbonyl (C=O) groups is 1. The molecule has 1 saturated heterocycles. The summed E-state index contributed by atoms with van der Waals surface area (Å²) in [6, 6.07) is 10.3. The Morgan fingerprint density at radius 2 is 1.92 bits per heavy atom. The highest BCUT2D eigenvalue weighted by Gasteiger charge is 2.16. The lowest BCUT2D eigenvalue weighted by Crippen LogP contribution is -2.31. The number of hydrogen-bond donors (Lipinski definition) is 1. The van der Waals surface area contributed by atoms with Crippen LogP contribution in [0.2, 0.25) is 0 Å². The number of amides is 1. The highest BCUT2D eigenvalue weighted by atomic mass is 16.5. The summed E-state index contributed by atoms with van der Waals surface area (Å²) in [6.07, 6.45) is 5.82. The van der Waals surface area contributed by atoms with Crippen molar-refractivity contribution in [1.29, 1.82) is 0 Å². The van der Waals surface area contributed by atoms with Crippen LogP contribution < -0.4 is 5.32 Å². The number of hydrogen-bond acceptors (Lipinski definition) is 5. The molecule has 1 atom stereocenters. The molecule has 0 spiro atoms. The molecule has 0 saturated carbocycles. The van der Waals surface area contributed by atoms with Crippen LogP contribution in [0.25, 0.3) is 0 Å². The maximum absolute atomic E-state index is 11.9. The van der Waals surface area contributed by atoms with E-state index in [1.807, 2.05) is 18.2 Å². The summed E-state index contributed by atoms with van der Waals surface area (Å²) in [7, 11) is 0. The Kier molecular flexibility index (Phi) is 6.56. The monoisotopic (exact) mass is 343 g/mol. The van der Waals surface area contributed by atoms with Crippen LogP contribution in [0.3, 0.4) is 0 Å². The summed E-state index contributed by atoms with van der Waals surface area (Å²) in [4.78, 5) is 11.9. The van der Waals surface area contributed by atoms with Gasteiger partial charge in [-0.25, -0.2) is 0 Å². The molecule has 2 aromatic rings. The van der Waals surface area contributed by atoms with Gasteiger partial charge in [0.15, 0.2) is 0 Å². The lowest BCUT2D eigenvalue weighted by atomic mass is 10.1. The first-order chi connectivity index (χ1) is 12.3. The van der Waals surface area contributed by atoms with Crippen molar-refractivity contribution in [3.63, 3.8) is 0 Å². The Morgan fingerprint density at radius 3 is 2.68 bits per heavy atom. The van der Waals surface area contributed by atoms with E-state index < -0.39 is 0 Å². The molecular weight excluding hydrogens is 318 g/mol. The zero-order chi connectivity index (χ0) is 17.3. The van der Waals surface area contributed by atoms with Crippen LogP contribution in [0.15, 0.2) is 34.7 Å². The molecule has 1 aliphatic heterocycles. The van der Waals surface area contributed by atoms with Gasteiger partial charge in [-0.3, -0.25) is 4.79 Å². The molecular formula is C19H25N3O3. The molecule has 0 unspecified atom stereocenters. The first-order valence-electron chi connectivity index (χ1n) is 9.03. The van der Waals surface area contributed by atoms with E-state index in [1.54, 1.807) is 0 Å². The second kappa shape index (κ2) is 9.32. The van der Waals surface area contributed by atoms with Crippen LogP contribution in [-0.4, -0.2) is 35.4 Å². The Labute approximate surface area is 148 Å². The van der Waals surface area contributed by atoms with Crippen molar-refractivity contribution < 1.29 is 13.9 Å². The Morgan fingerprint density at radius 1 is 1.12 bits per heavy atom. The highest BCUT2D eigenvalue weighted by molar-refractivity contribution is 5.76. The molecule has 3 rings (SSSR count). The minimum atomic E-state index is -0.000623. The molecule has 6 heteroatoms. The van der Waals surface area contributed by atoms with Crippen molar-refractivity contribution in [3.05, 3.63) is 47.7 Å². The fourth-order valence-electron chi connectivity index (χ4n) is 2.92. The van der Waals surface area contributed by atoms with Crippen molar-refractivity contribution in [2.45, 2.75) is 51.0 Å². The molecule has 2 heterocycles. The maximum Gasteiger partial charge on any atom is 0.220 e. The summed E-state index contributed by atoms with van der Waals surface area (Å²) < 4.78 is 11.1.